The molecule has 0 bridgehead atoms. The van der Waals surface area contributed by atoms with E-state index in [1.807, 2.05) is 59.5 Å². The molecule has 0 aromatic heterocycles. The molecule has 0 saturated carbocycles. The highest BCUT2D eigenvalue weighted by Gasteiger charge is 2.29. The Kier molecular flexibility index (Phi) is 8.37. The van der Waals surface area contributed by atoms with Crippen molar-refractivity contribution in [2.75, 3.05) is 23.3 Å². The van der Waals surface area contributed by atoms with Gasteiger partial charge in [-0.25, -0.2) is 14.0 Å². The third kappa shape index (κ3) is 6.84. The molecular formula is C32H30FN3O4. The first-order valence-corrected chi connectivity index (χ1v) is 13.2. The number of piperidine rings is 1. The first-order valence-electron chi connectivity index (χ1n) is 13.2. The number of para-hydroxylation sites is 1. The molecule has 1 saturated heterocycles. The number of benzene rings is 4. The predicted molar refractivity (Wildman–Crippen MR) is 153 cm³/mol. The Morgan fingerprint density at radius 1 is 0.850 bits per heavy atom. The van der Waals surface area contributed by atoms with Crippen LogP contribution in [0.15, 0.2) is 103 Å². The van der Waals surface area contributed by atoms with Crippen molar-refractivity contribution >= 4 is 23.4 Å². The van der Waals surface area contributed by atoms with E-state index in [1.54, 1.807) is 24.3 Å². The Hall–Kier alpha value is -4.69. The largest absolute Gasteiger partial charge is 0.478 e. The van der Waals surface area contributed by atoms with Gasteiger partial charge < -0.3 is 15.2 Å². The van der Waals surface area contributed by atoms with Crippen LogP contribution >= 0.6 is 0 Å². The van der Waals surface area contributed by atoms with E-state index < -0.39 is 5.97 Å². The number of nitrogens with one attached hydrogen (secondary N) is 1. The molecule has 40 heavy (non-hydrogen) atoms. The molecule has 1 fully saturated rings. The van der Waals surface area contributed by atoms with Crippen LogP contribution in [-0.4, -0.2) is 41.1 Å². The molecule has 8 heteroatoms. The number of hydrogen-bond donors (Lipinski definition) is 2. The number of aromatic carboxylic acids is 1. The number of rotatable bonds is 8. The zero-order chi connectivity index (χ0) is 27.9. The number of carbonyl (C=O) groups is 2. The Morgan fingerprint density at radius 3 is 2.05 bits per heavy atom. The normalized spacial score (nSPS) is 13.9. The number of carboxylic acid groups (broad SMARTS) is 1. The summed E-state index contributed by atoms with van der Waals surface area (Å²) in [5, 5.41) is 12.0. The minimum atomic E-state index is -0.971. The number of carbonyl (C=O) groups excluding carboxylic acids is 1. The Labute approximate surface area is 232 Å². The van der Waals surface area contributed by atoms with E-state index in [-0.39, 0.29) is 23.5 Å². The second-order valence-corrected chi connectivity index (χ2v) is 9.73. The molecule has 1 heterocycles. The van der Waals surface area contributed by atoms with Gasteiger partial charge in [-0.2, -0.15) is 0 Å². The van der Waals surface area contributed by atoms with E-state index in [9.17, 15) is 14.0 Å². The van der Waals surface area contributed by atoms with Crippen LogP contribution < -0.4 is 15.0 Å². The van der Waals surface area contributed by atoms with E-state index in [0.29, 0.717) is 17.2 Å². The minimum Gasteiger partial charge on any atom is -0.478 e. The van der Waals surface area contributed by atoms with Crippen molar-refractivity contribution in [3.05, 3.63) is 120 Å². The third-order valence-electron chi connectivity index (χ3n) is 6.94. The second kappa shape index (κ2) is 12.4. The summed E-state index contributed by atoms with van der Waals surface area (Å²) in [7, 11) is 0. The lowest BCUT2D eigenvalue weighted by atomic mass is 10.0. The number of amides is 2. The highest BCUT2D eigenvalue weighted by Crippen LogP contribution is 2.27. The van der Waals surface area contributed by atoms with Crippen molar-refractivity contribution in [3.8, 4) is 11.5 Å². The summed E-state index contributed by atoms with van der Waals surface area (Å²) >= 11 is 0. The molecule has 1 aliphatic heterocycles. The number of nitrogens with zero attached hydrogens (tertiary/aromatic N) is 2. The van der Waals surface area contributed by atoms with Gasteiger partial charge in [-0.3, -0.25) is 9.80 Å². The summed E-state index contributed by atoms with van der Waals surface area (Å²) in [4.78, 5) is 28.6. The van der Waals surface area contributed by atoms with Gasteiger partial charge >= 0.3 is 12.0 Å². The van der Waals surface area contributed by atoms with Gasteiger partial charge in [-0.1, -0.05) is 30.3 Å². The number of urea groups is 1. The number of likely N-dealkylation sites (tertiary alicyclic amines) is 1. The van der Waals surface area contributed by atoms with Crippen LogP contribution in [0.1, 0.15) is 28.8 Å². The van der Waals surface area contributed by atoms with Crippen molar-refractivity contribution in [3.63, 3.8) is 0 Å². The maximum atomic E-state index is 13.3. The number of anilines is 2. The van der Waals surface area contributed by atoms with Gasteiger partial charge in [0.05, 0.1) is 5.56 Å². The van der Waals surface area contributed by atoms with Gasteiger partial charge in [0.2, 0.25) is 0 Å². The lowest BCUT2D eigenvalue weighted by Gasteiger charge is -2.38. The molecular weight excluding hydrogens is 509 g/mol. The first kappa shape index (κ1) is 26.9. The second-order valence-electron chi connectivity index (χ2n) is 9.73. The molecule has 2 amide bonds. The smallest absolute Gasteiger partial charge is 0.335 e. The van der Waals surface area contributed by atoms with E-state index in [1.165, 1.54) is 24.3 Å². The lowest BCUT2D eigenvalue weighted by Crippen LogP contribution is -2.49. The Morgan fingerprint density at radius 2 is 1.45 bits per heavy atom. The van der Waals surface area contributed by atoms with E-state index in [0.717, 1.165) is 43.7 Å². The number of hydrogen-bond acceptors (Lipinski definition) is 4. The van der Waals surface area contributed by atoms with Gasteiger partial charge in [-0.05, 0) is 91.2 Å². The molecule has 0 atom stereocenters. The fraction of sp³-hybridized carbons (Fsp3) is 0.188. The average Bonchev–Trinajstić information content (AvgIpc) is 2.97. The lowest BCUT2D eigenvalue weighted by molar-refractivity contribution is 0.0697. The predicted octanol–water partition coefficient (Wildman–Crippen LogP) is 7.02. The summed E-state index contributed by atoms with van der Waals surface area (Å²) in [6.07, 6.45) is 1.64. The molecule has 1 aliphatic rings. The van der Waals surface area contributed by atoms with Crippen LogP contribution in [0.2, 0.25) is 0 Å². The highest BCUT2D eigenvalue weighted by molar-refractivity contribution is 6.02. The van der Waals surface area contributed by atoms with Crippen molar-refractivity contribution < 1.29 is 23.8 Å². The molecule has 0 spiro atoms. The van der Waals surface area contributed by atoms with Crippen molar-refractivity contribution in [1.82, 2.24) is 4.90 Å². The van der Waals surface area contributed by atoms with Crippen LogP contribution in [-0.2, 0) is 6.54 Å². The van der Waals surface area contributed by atoms with E-state index in [2.05, 4.69) is 10.2 Å². The summed E-state index contributed by atoms with van der Waals surface area (Å²) in [5.74, 6) is -0.0665. The molecule has 7 nitrogen and oxygen atoms in total. The summed E-state index contributed by atoms with van der Waals surface area (Å²) in [6, 6.07) is 29.4. The zero-order valence-corrected chi connectivity index (χ0v) is 21.9. The average molecular weight is 540 g/mol. The molecule has 0 radical (unpaired) electrons. The molecule has 0 unspecified atom stereocenters. The number of carboxylic acids is 1. The van der Waals surface area contributed by atoms with Gasteiger partial charge in [0, 0.05) is 37.1 Å². The maximum Gasteiger partial charge on any atom is 0.335 e. The first-order chi connectivity index (χ1) is 19.4. The zero-order valence-electron chi connectivity index (χ0n) is 21.9. The SMILES string of the molecule is O=C(O)c1ccc(Oc2ccc(CN3CCC(N(C(=O)Nc4ccc(F)cc4)c4ccccc4)CC3)cc2)cc1. The third-order valence-corrected chi connectivity index (χ3v) is 6.94. The molecule has 0 aliphatic carbocycles. The topological polar surface area (TPSA) is 82.1 Å². The van der Waals surface area contributed by atoms with Gasteiger partial charge in [-0.15, -0.1) is 0 Å². The van der Waals surface area contributed by atoms with Crippen LogP contribution in [0.4, 0.5) is 20.6 Å². The van der Waals surface area contributed by atoms with Crippen LogP contribution in [0.3, 0.4) is 0 Å². The maximum absolute atomic E-state index is 13.3. The molecule has 4 aromatic carbocycles. The summed E-state index contributed by atoms with van der Waals surface area (Å²) < 4.78 is 19.2. The quantitative estimate of drug-likeness (QED) is 0.252. The van der Waals surface area contributed by atoms with E-state index in [4.69, 9.17) is 9.84 Å². The summed E-state index contributed by atoms with van der Waals surface area (Å²) in [5.41, 5.74) is 2.75. The monoisotopic (exact) mass is 539 g/mol. The van der Waals surface area contributed by atoms with Gasteiger partial charge in [0.25, 0.3) is 0 Å². The van der Waals surface area contributed by atoms with Crippen LogP contribution in [0.25, 0.3) is 0 Å². The Balaban J connectivity index is 1.18. The Bertz CT molecular complexity index is 1420. The standard InChI is InChI=1S/C32H30FN3O4/c33-25-10-12-26(13-11-25)34-32(39)36(27-4-2-1-3-5-27)28-18-20-35(21-19-28)22-23-6-14-29(15-7-23)40-30-16-8-24(9-17-30)31(37)38/h1-17,28H,18-22H2,(H,34,39)(H,37,38). The fourth-order valence-corrected chi connectivity index (χ4v) is 4.86. The van der Waals surface area contributed by atoms with Gasteiger partial charge in [0.15, 0.2) is 0 Å². The minimum absolute atomic E-state index is 0.0300. The van der Waals surface area contributed by atoms with Crippen LogP contribution in [0.5, 0.6) is 11.5 Å². The summed E-state index contributed by atoms with van der Waals surface area (Å²) in [6.45, 7) is 2.46. The van der Waals surface area contributed by atoms with Gasteiger partial charge in [0.1, 0.15) is 17.3 Å². The number of halogens is 1. The van der Waals surface area contributed by atoms with Crippen molar-refractivity contribution in [2.24, 2.45) is 0 Å². The van der Waals surface area contributed by atoms with Crippen LogP contribution in [0, 0.1) is 5.82 Å². The van der Waals surface area contributed by atoms with E-state index >= 15 is 0 Å². The highest BCUT2D eigenvalue weighted by atomic mass is 19.1. The molecule has 4 aromatic rings. The van der Waals surface area contributed by atoms with Crippen molar-refractivity contribution in [2.45, 2.75) is 25.4 Å². The molecule has 5 rings (SSSR count). The molecule has 204 valence electrons. The molecule has 2 N–H and O–H groups in total. The van der Waals surface area contributed by atoms with Crippen molar-refractivity contribution in [1.29, 1.82) is 0 Å². The number of ether oxygens (including phenoxy) is 1. The fourth-order valence-electron chi connectivity index (χ4n) is 4.86.